The van der Waals surface area contributed by atoms with E-state index in [-0.39, 0.29) is 0 Å². The first-order valence-electron chi connectivity index (χ1n) is 7.64. The van der Waals surface area contributed by atoms with Gasteiger partial charge in [-0.3, -0.25) is 9.88 Å². The van der Waals surface area contributed by atoms with E-state index in [1.54, 1.807) is 19.4 Å². The summed E-state index contributed by atoms with van der Waals surface area (Å²) in [6.07, 6.45) is 4.36. The third-order valence-corrected chi connectivity index (χ3v) is 4.46. The number of fused-ring (bicyclic) bond motifs is 1. The fourth-order valence-corrected chi connectivity index (χ4v) is 3.16. The van der Waals surface area contributed by atoms with Crippen molar-refractivity contribution in [1.29, 1.82) is 0 Å². The molecule has 120 valence electrons. The second kappa shape index (κ2) is 6.38. The first-order chi connectivity index (χ1) is 11.1. The van der Waals surface area contributed by atoms with Crippen molar-refractivity contribution in [2.75, 3.05) is 13.7 Å². The average Bonchev–Trinajstić information content (AvgIpc) is 2.56. The molecule has 0 spiro atoms. The van der Waals surface area contributed by atoms with Gasteiger partial charge in [-0.05, 0) is 41.7 Å². The van der Waals surface area contributed by atoms with Gasteiger partial charge in [0, 0.05) is 25.8 Å². The van der Waals surface area contributed by atoms with Crippen molar-refractivity contribution in [2.24, 2.45) is 0 Å². The number of carboxylic acids is 1. The molecule has 0 saturated heterocycles. The number of benzene rings is 1. The number of aromatic carboxylic acids is 1. The van der Waals surface area contributed by atoms with Crippen molar-refractivity contribution in [1.82, 2.24) is 9.88 Å². The van der Waals surface area contributed by atoms with Crippen LogP contribution in [0, 0.1) is 6.92 Å². The SMILES string of the molecule is COc1cncc(CN2CCc3c(cccc3C(=O)O)C2)c1C. The first kappa shape index (κ1) is 15.5. The van der Waals surface area contributed by atoms with Crippen LogP contribution < -0.4 is 4.74 Å². The summed E-state index contributed by atoms with van der Waals surface area (Å²) in [5, 5.41) is 9.30. The molecule has 1 aromatic heterocycles. The Labute approximate surface area is 135 Å². The largest absolute Gasteiger partial charge is 0.495 e. The molecule has 2 heterocycles. The molecule has 0 aliphatic carbocycles. The predicted octanol–water partition coefficient (Wildman–Crippen LogP) is 2.66. The predicted molar refractivity (Wildman–Crippen MR) is 86.7 cm³/mol. The number of aromatic nitrogens is 1. The monoisotopic (exact) mass is 312 g/mol. The van der Waals surface area contributed by atoms with E-state index in [0.717, 1.165) is 54.1 Å². The van der Waals surface area contributed by atoms with Crippen molar-refractivity contribution in [3.63, 3.8) is 0 Å². The molecule has 23 heavy (non-hydrogen) atoms. The van der Waals surface area contributed by atoms with E-state index in [4.69, 9.17) is 4.74 Å². The van der Waals surface area contributed by atoms with Gasteiger partial charge in [-0.1, -0.05) is 12.1 Å². The molecule has 0 unspecified atom stereocenters. The van der Waals surface area contributed by atoms with Crippen molar-refractivity contribution >= 4 is 5.97 Å². The molecule has 5 nitrogen and oxygen atoms in total. The molecule has 0 bridgehead atoms. The van der Waals surface area contributed by atoms with Gasteiger partial charge in [-0.15, -0.1) is 0 Å². The fraction of sp³-hybridized carbons (Fsp3) is 0.333. The van der Waals surface area contributed by atoms with E-state index in [0.29, 0.717) is 5.56 Å². The summed E-state index contributed by atoms with van der Waals surface area (Å²) in [6, 6.07) is 5.53. The number of carbonyl (C=O) groups is 1. The minimum Gasteiger partial charge on any atom is -0.495 e. The molecule has 2 aromatic rings. The number of nitrogens with zero attached hydrogens (tertiary/aromatic N) is 2. The third kappa shape index (κ3) is 3.05. The van der Waals surface area contributed by atoms with Gasteiger partial charge < -0.3 is 9.84 Å². The Morgan fingerprint density at radius 2 is 2.22 bits per heavy atom. The topological polar surface area (TPSA) is 62.7 Å². The highest BCUT2D eigenvalue weighted by atomic mass is 16.5. The van der Waals surface area contributed by atoms with Gasteiger partial charge in [0.25, 0.3) is 0 Å². The second-order valence-electron chi connectivity index (χ2n) is 5.83. The fourth-order valence-electron chi connectivity index (χ4n) is 3.16. The van der Waals surface area contributed by atoms with Crippen molar-refractivity contribution in [2.45, 2.75) is 26.4 Å². The van der Waals surface area contributed by atoms with Crippen LogP contribution in [0.4, 0.5) is 0 Å². The summed E-state index contributed by atoms with van der Waals surface area (Å²) in [6.45, 7) is 4.42. The van der Waals surface area contributed by atoms with Crippen molar-refractivity contribution in [3.8, 4) is 5.75 Å². The van der Waals surface area contributed by atoms with Gasteiger partial charge in [0.2, 0.25) is 0 Å². The summed E-state index contributed by atoms with van der Waals surface area (Å²) in [4.78, 5) is 17.9. The molecule has 0 amide bonds. The number of hydrogen-bond donors (Lipinski definition) is 1. The molecule has 1 aromatic carbocycles. The van der Waals surface area contributed by atoms with E-state index >= 15 is 0 Å². The van der Waals surface area contributed by atoms with E-state index in [1.165, 1.54) is 0 Å². The Morgan fingerprint density at radius 1 is 1.39 bits per heavy atom. The lowest BCUT2D eigenvalue weighted by atomic mass is 9.94. The van der Waals surface area contributed by atoms with Crippen LogP contribution in [0.2, 0.25) is 0 Å². The molecule has 0 radical (unpaired) electrons. The van der Waals surface area contributed by atoms with Crippen molar-refractivity contribution in [3.05, 3.63) is 58.4 Å². The third-order valence-electron chi connectivity index (χ3n) is 4.46. The first-order valence-corrected chi connectivity index (χ1v) is 7.64. The Hall–Kier alpha value is -2.40. The van der Waals surface area contributed by atoms with Gasteiger partial charge in [-0.25, -0.2) is 4.79 Å². The summed E-state index contributed by atoms with van der Waals surface area (Å²) < 4.78 is 5.33. The molecule has 0 atom stereocenters. The number of pyridine rings is 1. The van der Waals surface area contributed by atoms with E-state index in [2.05, 4.69) is 9.88 Å². The number of ether oxygens (including phenoxy) is 1. The van der Waals surface area contributed by atoms with E-state index in [9.17, 15) is 9.90 Å². The molecule has 0 saturated carbocycles. The van der Waals surface area contributed by atoms with Gasteiger partial charge >= 0.3 is 5.97 Å². The Bertz CT molecular complexity index is 743. The van der Waals surface area contributed by atoms with Crippen molar-refractivity contribution < 1.29 is 14.6 Å². The lowest BCUT2D eigenvalue weighted by molar-refractivity contribution is 0.0694. The molecule has 1 aliphatic rings. The molecule has 1 aliphatic heterocycles. The second-order valence-corrected chi connectivity index (χ2v) is 5.83. The highest BCUT2D eigenvalue weighted by Gasteiger charge is 2.21. The van der Waals surface area contributed by atoms with E-state index < -0.39 is 5.97 Å². The average molecular weight is 312 g/mol. The molecule has 5 heteroatoms. The quantitative estimate of drug-likeness (QED) is 0.940. The van der Waals surface area contributed by atoms with Crippen LogP contribution in [0.3, 0.4) is 0 Å². The highest BCUT2D eigenvalue weighted by Crippen LogP contribution is 2.26. The Kier molecular flexibility index (Phi) is 4.30. The smallest absolute Gasteiger partial charge is 0.335 e. The number of rotatable bonds is 4. The van der Waals surface area contributed by atoms with Gasteiger partial charge in [0.15, 0.2) is 0 Å². The molecule has 3 rings (SSSR count). The number of hydrogen-bond acceptors (Lipinski definition) is 4. The van der Waals surface area contributed by atoms with Crippen LogP contribution in [0.5, 0.6) is 5.75 Å². The van der Waals surface area contributed by atoms with Crippen LogP contribution >= 0.6 is 0 Å². The van der Waals surface area contributed by atoms with Gasteiger partial charge in [0.05, 0.1) is 18.9 Å². The molecule has 1 N–H and O–H groups in total. The zero-order chi connectivity index (χ0) is 16.4. The maximum absolute atomic E-state index is 11.3. The minimum absolute atomic E-state index is 0.432. The lowest BCUT2D eigenvalue weighted by Crippen LogP contribution is -2.31. The normalized spacial score (nSPS) is 14.3. The summed E-state index contributed by atoms with van der Waals surface area (Å²) >= 11 is 0. The highest BCUT2D eigenvalue weighted by molar-refractivity contribution is 5.89. The van der Waals surface area contributed by atoms with Gasteiger partial charge in [-0.2, -0.15) is 0 Å². The van der Waals surface area contributed by atoms with Crippen LogP contribution in [0.25, 0.3) is 0 Å². The van der Waals surface area contributed by atoms with Crippen LogP contribution in [-0.4, -0.2) is 34.6 Å². The number of methoxy groups -OCH3 is 1. The van der Waals surface area contributed by atoms with Crippen LogP contribution in [-0.2, 0) is 19.5 Å². The summed E-state index contributed by atoms with van der Waals surface area (Å²) in [5.74, 6) is -0.0452. The maximum Gasteiger partial charge on any atom is 0.335 e. The summed E-state index contributed by atoms with van der Waals surface area (Å²) in [7, 11) is 1.65. The Balaban J connectivity index is 1.81. The minimum atomic E-state index is -0.844. The van der Waals surface area contributed by atoms with E-state index in [1.807, 2.05) is 25.3 Å². The van der Waals surface area contributed by atoms with Gasteiger partial charge in [0.1, 0.15) is 5.75 Å². The van der Waals surface area contributed by atoms with Crippen LogP contribution in [0.1, 0.15) is 32.6 Å². The lowest BCUT2D eigenvalue weighted by Gasteiger charge is -2.30. The van der Waals surface area contributed by atoms with Crippen LogP contribution in [0.15, 0.2) is 30.6 Å². The zero-order valence-electron chi connectivity index (χ0n) is 13.4. The standard InChI is InChI=1S/C18H20N2O3/c1-12-14(8-19-9-17(12)23-2)11-20-7-6-15-13(10-20)4-3-5-16(15)18(21)22/h3-5,8-9H,6-7,10-11H2,1-2H3,(H,21,22). The summed E-state index contributed by atoms with van der Waals surface area (Å²) in [5.41, 5.74) is 4.75. The number of carboxylic acid groups (broad SMARTS) is 1. The zero-order valence-corrected chi connectivity index (χ0v) is 13.4. The maximum atomic E-state index is 11.3. The molecule has 0 fully saturated rings. The Morgan fingerprint density at radius 3 is 2.96 bits per heavy atom. The molecular formula is C18H20N2O3. The molecular weight excluding hydrogens is 292 g/mol.